The van der Waals surface area contributed by atoms with Gasteiger partial charge in [0, 0.05) is 17.4 Å². The van der Waals surface area contributed by atoms with Gasteiger partial charge in [0.2, 0.25) is 6.79 Å². The Morgan fingerprint density at radius 2 is 1.68 bits per heavy atom. The van der Waals surface area contributed by atoms with Gasteiger partial charge >= 0.3 is 12.2 Å². The summed E-state index contributed by atoms with van der Waals surface area (Å²) in [6, 6.07) is 11.0. The zero-order chi connectivity index (χ0) is 17.6. The highest BCUT2D eigenvalue weighted by atomic mass is 16.7. The molecule has 2 amide bonds. The van der Waals surface area contributed by atoms with Gasteiger partial charge in [-0.05, 0) is 43.3 Å². The topological polar surface area (TPSA) is 95.1 Å². The van der Waals surface area contributed by atoms with Gasteiger partial charge in [-0.3, -0.25) is 0 Å². The number of ether oxygens (including phenoxy) is 4. The summed E-state index contributed by atoms with van der Waals surface area (Å²) in [4.78, 5) is 23.2. The van der Waals surface area contributed by atoms with Crippen LogP contribution in [0.4, 0.5) is 21.0 Å². The van der Waals surface area contributed by atoms with Gasteiger partial charge in [-0.15, -0.1) is 0 Å². The van der Waals surface area contributed by atoms with E-state index in [4.69, 9.17) is 14.2 Å². The van der Waals surface area contributed by atoms with Crippen molar-refractivity contribution in [1.82, 2.24) is 0 Å². The molecule has 25 heavy (non-hydrogen) atoms. The number of fused-ring (bicyclic) bond motifs is 1. The predicted molar refractivity (Wildman–Crippen MR) is 89.3 cm³/mol. The van der Waals surface area contributed by atoms with E-state index in [0.29, 0.717) is 28.6 Å². The molecule has 0 spiro atoms. The van der Waals surface area contributed by atoms with Crippen LogP contribution in [0.1, 0.15) is 6.92 Å². The Kier molecular flexibility index (Phi) is 4.89. The molecular weight excluding hydrogens is 328 g/mol. The van der Waals surface area contributed by atoms with Crippen molar-refractivity contribution >= 4 is 23.6 Å². The highest BCUT2D eigenvalue weighted by molar-refractivity contribution is 6.00. The lowest BCUT2D eigenvalue weighted by Gasteiger charge is -2.09. The number of rotatable bonds is 4. The first-order valence-electron chi connectivity index (χ1n) is 7.56. The van der Waals surface area contributed by atoms with Gasteiger partial charge in [0.25, 0.3) is 0 Å². The van der Waals surface area contributed by atoms with Gasteiger partial charge in [-0.1, -0.05) is 0 Å². The lowest BCUT2D eigenvalue weighted by molar-refractivity contribution is 0.104. The molecule has 0 aromatic heterocycles. The van der Waals surface area contributed by atoms with Crippen molar-refractivity contribution in [1.29, 1.82) is 0 Å². The molecule has 0 fully saturated rings. The minimum Gasteiger partial charge on any atom is -0.454 e. The van der Waals surface area contributed by atoms with E-state index < -0.39 is 12.2 Å². The maximum absolute atomic E-state index is 12.0. The summed E-state index contributed by atoms with van der Waals surface area (Å²) in [7, 11) is 0. The standard InChI is InChI=1S/C17H16N2O6/c1-2-22-17(21)25-13-6-3-11(4-7-13)18-16(20)19-12-5-8-14-15(9-12)24-10-23-14/h3-9H,2,10H2,1H3,(H2,18,19,20). The Morgan fingerprint density at radius 3 is 2.44 bits per heavy atom. The number of anilines is 2. The lowest BCUT2D eigenvalue weighted by atomic mass is 10.3. The summed E-state index contributed by atoms with van der Waals surface area (Å²) < 4.78 is 20.1. The van der Waals surface area contributed by atoms with Crippen molar-refractivity contribution in [2.45, 2.75) is 6.92 Å². The van der Waals surface area contributed by atoms with Gasteiger partial charge < -0.3 is 29.6 Å². The van der Waals surface area contributed by atoms with Crippen molar-refractivity contribution in [2.75, 3.05) is 24.0 Å². The van der Waals surface area contributed by atoms with E-state index in [1.54, 1.807) is 49.4 Å². The van der Waals surface area contributed by atoms with Crippen molar-refractivity contribution < 1.29 is 28.5 Å². The average Bonchev–Trinajstić information content (AvgIpc) is 3.04. The van der Waals surface area contributed by atoms with Gasteiger partial charge in [0.05, 0.1) is 6.61 Å². The Hall–Kier alpha value is -3.42. The molecule has 2 N–H and O–H groups in total. The van der Waals surface area contributed by atoms with E-state index >= 15 is 0 Å². The SMILES string of the molecule is CCOC(=O)Oc1ccc(NC(=O)Nc2ccc3c(c2)OCO3)cc1. The first-order chi connectivity index (χ1) is 12.1. The molecule has 2 aromatic rings. The van der Waals surface area contributed by atoms with E-state index in [2.05, 4.69) is 15.4 Å². The Morgan fingerprint density at radius 1 is 1.00 bits per heavy atom. The Bertz CT molecular complexity index is 775. The van der Waals surface area contributed by atoms with Gasteiger partial charge in [0.1, 0.15) is 5.75 Å². The minimum absolute atomic E-state index is 0.172. The molecule has 3 rings (SSSR count). The molecule has 0 atom stereocenters. The molecule has 0 aliphatic carbocycles. The van der Waals surface area contributed by atoms with E-state index in [1.165, 1.54) is 0 Å². The number of hydrogen-bond donors (Lipinski definition) is 2. The zero-order valence-corrected chi connectivity index (χ0v) is 13.4. The number of carbonyl (C=O) groups excluding carboxylic acids is 2. The molecule has 0 unspecified atom stereocenters. The second kappa shape index (κ2) is 7.43. The van der Waals surface area contributed by atoms with Crippen LogP contribution in [0.25, 0.3) is 0 Å². The van der Waals surface area contributed by atoms with Gasteiger partial charge in [0.15, 0.2) is 11.5 Å². The van der Waals surface area contributed by atoms with Crippen LogP contribution in [-0.2, 0) is 4.74 Å². The summed E-state index contributed by atoms with van der Waals surface area (Å²) in [5.41, 5.74) is 1.11. The van der Waals surface area contributed by atoms with Crippen LogP contribution in [0, 0.1) is 0 Å². The first kappa shape index (κ1) is 16.4. The molecule has 0 bridgehead atoms. The molecule has 0 saturated heterocycles. The van der Waals surface area contributed by atoms with Crippen LogP contribution in [-0.4, -0.2) is 25.6 Å². The summed E-state index contributed by atoms with van der Waals surface area (Å²) in [6.45, 7) is 2.09. The van der Waals surface area contributed by atoms with Crippen molar-refractivity contribution in [2.24, 2.45) is 0 Å². The molecule has 1 aliphatic rings. The van der Waals surface area contributed by atoms with Crippen molar-refractivity contribution in [3.05, 3.63) is 42.5 Å². The molecule has 8 heteroatoms. The summed E-state index contributed by atoms with van der Waals surface area (Å²) >= 11 is 0. The first-order valence-corrected chi connectivity index (χ1v) is 7.56. The van der Waals surface area contributed by atoms with Crippen LogP contribution >= 0.6 is 0 Å². The summed E-state index contributed by atoms with van der Waals surface area (Å²) in [5, 5.41) is 5.36. The molecule has 1 aliphatic heterocycles. The van der Waals surface area contributed by atoms with E-state index in [0.717, 1.165) is 0 Å². The Labute approximate surface area is 143 Å². The number of nitrogens with one attached hydrogen (secondary N) is 2. The van der Waals surface area contributed by atoms with Crippen LogP contribution < -0.4 is 24.8 Å². The minimum atomic E-state index is -0.774. The number of urea groups is 1. The second-order valence-corrected chi connectivity index (χ2v) is 4.96. The highest BCUT2D eigenvalue weighted by Gasteiger charge is 2.14. The number of benzene rings is 2. The molecule has 130 valence electrons. The fourth-order valence-corrected chi connectivity index (χ4v) is 2.12. The summed E-state index contributed by atoms with van der Waals surface area (Å²) in [6.07, 6.45) is -0.774. The van der Waals surface area contributed by atoms with Gasteiger partial charge in [-0.2, -0.15) is 0 Å². The maximum atomic E-state index is 12.0. The largest absolute Gasteiger partial charge is 0.513 e. The smallest absolute Gasteiger partial charge is 0.454 e. The van der Waals surface area contributed by atoms with E-state index in [9.17, 15) is 9.59 Å². The van der Waals surface area contributed by atoms with E-state index in [1.807, 2.05) is 0 Å². The van der Waals surface area contributed by atoms with E-state index in [-0.39, 0.29) is 13.4 Å². The molecular formula is C17H16N2O6. The number of carbonyl (C=O) groups is 2. The molecule has 0 saturated carbocycles. The predicted octanol–water partition coefficient (Wildman–Crippen LogP) is 3.59. The lowest BCUT2D eigenvalue weighted by Crippen LogP contribution is -2.19. The normalized spacial score (nSPS) is 11.6. The van der Waals surface area contributed by atoms with Crippen molar-refractivity contribution in [3.63, 3.8) is 0 Å². The van der Waals surface area contributed by atoms with Crippen LogP contribution in [0.15, 0.2) is 42.5 Å². The quantitative estimate of drug-likeness (QED) is 0.650. The van der Waals surface area contributed by atoms with Gasteiger partial charge in [-0.25, -0.2) is 9.59 Å². The third-order valence-electron chi connectivity index (χ3n) is 3.21. The fourth-order valence-electron chi connectivity index (χ4n) is 2.12. The van der Waals surface area contributed by atoms with Crippen LogP contribution in [0.2, 0.25) is 0 Å². The molecule has 8 nitrogen and oxygen atoms in total. The molecule has 0 radical (unpaired) electrons. The maximum Gasteiger partial charge on any atom is 0.513 e. The third kappa shape index (κ3) is 4.31. The fraction of sp³-hybridized carbons (Fsp3) is 0.176. The highest BCUT2D eigenvalue weighted by Crippen LogP contribution is 2.34. The number of hydrogen-bond acceptors (Lipinski definition) is 6. The monoisotopic (exact) mass is 344 g/mol. The molecule has 2 aromatic carbocycles. The Balaban J connectivity index is 1.55. The van der Waals surface area contributed by atoms with Crippen molar-refractivity contribution in [3.8, 4) is 17.2 Å². The number of amides is 2. The summed E-state index contributed by atoms with van der Waals surface area (Å²) in [5.74, 6) is 1.54. The molecule has 1 heterocycles. The third-order valence-corrected chi connectivity index (χ3v) is 3.21. The van der Waals surface area contributed by atoms with Crippen LogP contribution in [0.5, 0.6) is 17.2 Å². The van der Waals surface area contributed by atoms with Crippen LogP contribution in [0.3, 0.4) is 0 Å². The average molecular weight is 344 g/mol. The second-order valence-electron chi connectivity index (χ2n) is 4.96. The zero-order valence-electron chi connectivity index (χ0n) is 13.4.